The number of likely N-dealkylation sites (N-methyl/N-ethyl adjacent to an activating group) is 1. The molecule has 0 aliphatic carbocycles. The van der Waals surface area contributed by atoms with E-state index < -0.39 is 10.0 Å². The molecule has 0 unspecified atom stereocenters. The second-order valence-corrected chi connectivity index (χ2v) is 6.24. The lowest BCUT2D eigenvalue weighted by molar-refractivity contribution is 0.489. The Morgan fingerprint density at radius 3 is 2.61 bits per heavy atom. The lowest BCUT2D eigenvalue weighted by Crippen LogP contribution is -2.29. The second-order valence-electron chi connectivity index (χ2n) is 4.25. The average molecular weight is 269 g/mol. The van der Waals surface area contributed by atoms with Gasteiger partial charge < -0.3 is 5.32 Å². The van der Waals surface area contributed by atoms with Crippen LogP contribution in [0.5, 0.6) is 0 Å². The van der Waals surface area contributed by atoms with Crippen molar-refractivity contribution in [3.8, 4) is 0 Å². The first kappa shape index (κ1) is 14.8. The van der Waals surface area contributed by atoms with Crippen LogP contribution in [0.4, 0.5) is 0 Å². The molecule has 0 aromatic carbocycles. The molecule has 0 fully saturated rings. The molecule has 0 amide bonds. The third-order valence-corrected chi connectivity index (χ3v) is 4.07. The Balaban J connectivity index is 2.94. The van der Waals surface area contributed by atoms with Crippen LogP contribution in [0, 0.1) is 0 Å². The zero-order valence-electron chi connectivity index (χ0n) is 11.0. The summed E-state index contributed by atoms with van der Waals surface area (Å²) in [6, 6.07) is 3.28. The molecule has 1 aromatic rings. The van der Waals surface area contributed by atoms with Crippen LogP contribution in [0.1, 0.15) is 12.5 Å². The number of rotatable bonds is 6. The zero-order valence-corrected chi connectivity index (χ0v) is 11.8. The fraction of sp³-hybridized carbons (Fsp3) is 0.417. The molecule has 1 rings (SSSR count). The van der Waals surface area contributed by atoms with Gasteiger partial charge in [-0.2, -0.15) is 4.31 Å². The molecule has 0 bridgehead atoms. The molecule has 0 saturated heterocycles. The normalized spacial score (nSPS) is 11.8. The van der Waals surface area contributed by atoms with E-state index in [1.165, 1.54) is 17.4 Å². The van der Waals surface area contributed by atoms with E-state index in [9.17, 15) is 8.42 Å². The van der Waals surface area contributed by atoms with Crippen LogP contribution in [-0.4, -0.2) is 38.3 Å². The van der Waals surface area contributed by atoms with Crippen molar-refractivity contribution in [3.63, 3.8) is 0 Å². The number of nitrogens with zero attached hydrogens (tertiary/aromatic N) is 2. The first-order chi connectivity index (χ1) is 8.37. The Morgan fingerprint density at radius 2 is 2.17 bits per heavy atom. The first-order valence-corrected chi connectivity index (χ1v) is 7.02. The molecule has 0 spiro atoms. The molecule has 0 atom stereocenters. The van der Waals surface area contributed by atoms with E-state index >= 15 is 0 Å². The van der Waals surface area contributed by atoms with Crippen LogP contribution in [0.3, 0.4) is 0 Å². The van der Waals surface area contributed by atoms with Crippen LogP contribution in [-0.2, 0) is 16.6 Å². The minimum Gasteiger partial charge on any atom is -0.316 e. The number of hydrogen-bond donors (Lipinski definition) is 1. The van der Waals surface area contributed by atoms with Crippen LogP contribution >= 0.6 is 0 Å². The Hall–Kier alpha value is -1.24. The summed E-state index contributed by atoms with van der Waals surface area (Å²) in [5, 5.41) is 3.04. The summed E-state index contributed by atoms with van der Waals surface area (Å²) in [7, 11) is -0.179. The fourth-order valence-corrected chi connectivity index (χ4v) is 2.63. The molecule has 0 radical (unpaired) electrons. The highest BCUT2D eigenvalue weighted by molar-refractivity contribution is 7.89. The molecule has 0 aliphatic heterocycles. The predicted octanol–water partition coefficient (Wildman–Crippen LogP) is 0.998. The number of pyridine rings is 1. The van der Waals surface area contributed by atoms with Crippen LogP contribution < -0.4 is 5.32 Å². The van der Waals surface area contributed by atoms with Gasteiger partial charge in [-0.15, -0.1) is 0 Å². The van der Waals surface area contributed by atoms with Gasteiger partial charge in [-0.1, -0.05) is 18.2 Å². The third kappa shape index (κ3) is 3.63. The van der Waals surface area contributed by atoms with Gasteiger partial charge in [0.2, 0.25) is 0 Å². The molecule has 5 nitrogen and oxygen atoms in total. The van der Waals surface area contributed by atoms with Crippen molar-refractivity contribution in [3.05, 3.63) is 36.0 Å². The Morgan fingerprint density at radius 1 is 1.50 bits per heavy atom. The van der Waals surface area contributed by atoms with Crippen molar-refractivity contribution in [2.75, 3.05) is 20.6 Å². The topological polar surface area (TPSA) is 62.3 Å². The average Bonchev–Trinajstić information content (AvgIpc) is 2.29. The van der Waals surface area contributed by atoms with E-state index in [0.717, 1.165) is 11.1 Å². The predicted molar refractivity (Wildman–Crippen MR) is 71.6 cm³/mol. The maximum absolute atomic E-state index is 12.1. The van der Waals surface area contributed by atoms with Gasteiger partial charge in [0.1, 0.15) is 0 Å². The molecular formula is C12H19N3O2S. The summed E-state index contributed by atoms with van der Waals surface area (Å²) in [4.78, 5) is 4.00. The van der Waals surface area contributed by atoms with E-state index in [2.05, 4.69) is 16.9 Å². The maximum Gasteiger partial charge on any atom is 0.260 e. The van der Waals surface area contributed by atoms with Gasteiger partial charge in [-0.25, -0.2) is 13.4 Å². The molecule has 0 saturated carbocycles. The summed E-state index contributed by atoms with van der Waals surface area (Å²) < 4.78 is 25.5. The quantitative estimate of drug-likeness (QED) is 0.783. The molecule has 18 heavy (non-hydrogen) atoms. The number of nitrogens with one attached hydrogen (secondary N) is 1. The number of sulfonamides is 1. The molecular weight excluding hydrogens is 250 g/mol. The largest absolute Gasteiger partial charge is 0.316 e. The van der Waals surface area contributed by atoms with Gasteiger partial charge in [-0.05, 0) is 25.6 Å². The van der Waals surface area contributed by atoms with Crippen molar-refractivity contribution in [1.82, 2.24) is 14.6 Å². The standard InChI is InChI=1S/C12H19N3O2S/c1-10(2)9-15(4)18(16,17)12-6-5-11(7-13-3)8-14-12/h5-6,8,13H,1,7,9H2,2-4H3. The summed E-state index contributed by atoms with van der Waals surface area (Å²) in [5.74, 6) is 0. The smallest absolute Gasteiger partial charge is 0.260 e. The van der Waals surface area contributed by atoms with E-state index in [-0.39, 0.29) is 5.03 Å². The molecule has 100 valence electrons. The zero-order chi connectivity index (χ0) is 13.8. The van der Waals surface area contributed by atoms with E-state index in [1.807, 2.05) is 7.05 Å². The molecule has 0 aliphatic rings. The summed E-state index contributed by atoms with van der Waals surface area (Å²) >= 11 is 0. The van der Waals surface area contributed by atoms with Crippen molar-refractivity contribution >= 4 is 10.0 Å². The minimum atomic E-state index is -3.52. The van der Waals surface area contributed by atoms with Crippen molar-refractivity contribution in [2.45, 2.75) is 18.5 Å². The van der Waals surface area contributed by atoms with Gasteiger partial charge in [0, 0.05) is 26.3 Å². The highest BCUT2D eigenvalue weighted by atomic mass is 32.2. The lowest BCUT2D eigenvalue weighted by atomic mass is 10.3. The highest BCUT2D eigenvalue weighted by Crippen LogP contribution is 2.13. The summed E-state index contributed by atoms with van der Waals surface area (Å²) in [5.41, 5.74) is 1.73. The van der Waals surface area contributed by atoms with E-state index in [1.54, 1.807) is 19.2 Å². The Bertz CT molecular complexity index is 509. The lowest BCUT2D eigenvalue weighted by Gasteiger charge is -2.16. The van der Waals surface area contributed by atoms with Crippen molar-refractivity contribution in [2.24, 2.45) is 0 Å². The van der Waals surface area contributed by atoms with E-state index in [0.29, 0.717) is 13.1 Å². The van der Waals surface area contributed by atoms with Crippen LogP contribution in [0.2, 0.25) is 0 Å². The maximum atomic E-state index is 12.1. The van der Waals surface area contributed by atoms with Gasteiger partial charge in [-0.3, -0.25) is 0 Å². The highest BCUT2D eigenvalue weighted by Gasteiger charge is 2.21. The van der Waals surface area contributed by atoms with Crippen LogP contribution in [0.15, 0.2) is 35.5 Å². The minimum absolute atomic E-state index is 0.0612. The Kier molecular flexibility index (Phi) is 5.01. The van der Waals surface area contributed by atoms with Gasteiger partial charge in [0.25, 0.3) is 10.0 Å². The third-order valence-electron chi connectivity index (χ3n) is 2.35. The summed E-state index contributed by atoms with van der Waals surface area (Å²) in [6.45, 7) is 6.45. The van der Waals surface area contributed by atoms with Gasteiger partial charge >= 0.3 is 0 Å². The molecule has 6 heteroatoms. The first-order valence-electron chi connectivity index (χ1n) is 5.58. The SMILES string of the molecule is C=C(C)CN(C)S(=O)(=O)c1ccc(CNC)cn1. The Labute approximate surface area is 109 Å². The summed E-state index contributed by atoms with van der Waals surface area (Å²) in [6.07, 6.45) is 1.57. The second kappa shape index (κ2) is 6.08. The number of aromatic nitrogens is 1. The molecule has 1 heterocycles. The van der Waals surface area contributed by atoms with E-state index in [4.69, 9.17) is 0 Å². The van der Waals surface area contributed by atoms with Crippen molar-refractivity contribution in [1.29, 1.82) is 0 Å². The van der Waals surface area contributed by atoms with Gasteiger partial charge in [0.15, 0.2) is 5.03 Å². The van der Waals surface area contributed by atoms with Crippen LogP contribution in [0.25, 0.3) is 0 Å². The molecule has 1 aromatic heterocycles. The fourth-order valence-electron chi connectivity index (χ4n) is 1.50. The monoisotopic (exact) mass is 269 g/mol. The van der Waals surface area contributed by atoms with Crippen molar-refractivity contribution < 1.29 is 8.42 Å². The van der Waals surface area contributed by atoms with Gasteiger partial charge in [0.05, 0.1) is 0 Å². The number of hydrogen-bond acceptors (Lipinski definition) is 4. The molecule has 1 N–H and O–H groups in total.